The number of nitrogens with zero attached hydrogens (tertiary/aromatic N) is 1. The molecule has 1 aliphatic heterocycles. The number of carbonyl (C=O) groups is 3. The molecule has 2 aromatic rings. The fourth-order valence-corrected chi connectivity index (χ4v) is 5.83. The Kier molecular flexibility index (Phi) is 7.48. The minimum Gasteiger partial charge on any atom is -0.480 e. The van der Waals surface area contributed by atoms with Crippen LogP contribution in [-0.2, 0) is 16.0 Å². The molecule has 2 N–H and O–H groups in total. The molecule has 1 saturated carbocycles. The van der Waals surface area contributed by atoms with E-state index in [9.17, 15) is 19.5 Å². The Morgan fingerprint density at radius 3 is 2.15 bits per heavy atom. The third-order valence-electron chi connectivity index (χ3n) is 7.07. The lowest BCUT2D eigenvalue weighted by atomic mass is 9.80. The molecule has 1 aliphatic carbocycles. The van der Waals surface area contributed by atoms with E-state index in [1.54, 1.807) is 47.4 Å². The number of benzene rings is 2. The number of nitrogens with one attached hydrogen (secondary N) is 1. The van der Waals surface area contributed by atoms with Crippen molar-refractivity contribution in [2.24, 2.45) is 5.41 Å². The molecule has 0 radical (unpaired) electrons. The molecular weight excluding hydrogens is 475 g/mol. The maximum absolute atomic E-state index is 13.5. The number of rotatable bonds is 6. The van der Waals surface area contributed by atoms with Crippen molar-refractivity contribution >= 4 is 46.7 Å². The van der Waals surface area contributed by atoms with E-state index in [0.717, 1.165) is 50.5 Å². The maximum Gasteiger partial charge on any atom is 0.326 e. The summed E-state index contributed by atoms with van der Waals surface area (Å²) in [4.78, 5) is 39.9. The Hall–Kier alpha value is -2.57. The molecule has 6 nitrogen and oxygen atoms in total. The molecule has 2 aliphatic rings. The number of hydrogen-bond acceptors (Lipinski definition) is 3. The molecule has 2 aromatic carbocycles. The highest BCUT2D eigenvalue weighted by atomic mass is 35.5. The number of aliphatic carboxylic acids is 1. The van der Waals surface area contributed by atoms with Crippen LogP contribution in [0.15, 0.2) is 42.5 Å². The first-order chi connectivity index (χ1) is 16.3. The summed E-state index contributed by atoms with van der Waals surface area (Å²) in [7, 11) is 0. The molecule has 8 heteroatoms. The van der Waals surface area contributed by atoms with Crippen LogP contribution in [0.4, 0.5) is 5.69 Å². The van der Waals surface area contributed by atoms with Crippen molar-refractivity contribution in [3.63, 3.8) is 0 Å². The summed E-state index contributed by atoms with van der Waals surface area (Å²) in [6.07, 6.45) is 6.64. The lowest BCUT2D eigenvalue weighted by Gasteiger charge is -2.35. The number of hydrogen-bond donors (Lipinski definition) is 2. The van der Waals surface area contributed by atoms with E-state index in [2.05, 4.69) is 5.32 Å². The first-order valence-electron chi connectivity index (χ1n) is 11.7. The minimum absolute atomic E-state index is 0.00963. The van der Waals surface area contributed by atoms with Gasteiger partial charge >= 0.3 is 5.97 Å². The quantitative estimate of drug-likeness (QED) is 0.521. The largest absolute Gasteiger partial charge is 0.480 e. The van der Waals surface area contributed by atoms with Gasteiger partial charge < -0.3 is 15.3 Å². The van der Waals surface area contributed by atoms with Crippen LogP contribution in [0, 0.1) is 5.41 Å². The van der Waals surface area contributed by atoms with Gasteiger partial charge in [-0.25, -0.2) is 4.79 Å². The number of likely N-dealkylation sites (tertiary alicyclic amines) is 1. The second-order valence-electron chi connectivity index (χ2n) is 9.25. The lowest BCUT2D eigenvalue weighted by molar-refractivity contribution is -0.154. The predicted octanol–water partition coefficient (Wildman–Crippen LogP) is 5.81. The maximum atomic E-state index is 13.5. The zero-order valence-corrected chi connectivity index (χ0v) is 20.4. The van der Waals surface area contributed by atoms with Gasteiger partial charge in [-0.05, 0) is 55.5 Å². The highest BCUT2D eigenvalue weighted by Gasteiger charge is 2.46. The molecule has 1 atom stereocenters. The van der Waals surface area contributed by atoms with Gasteiger partial charge in [-0.2, -0.15) is 0 Å². The zero-order chi connectivity index (χ0) is 24.3. The van der Waals surface area contributed by atoms with Gasteiger partial charge in [0, 0.05) is 24.1 Å². The van der Waals surface area contributed by atoms with Gasteiger partial charge in [0.15, 0.2) is 0 Å². The number of carboxylic acids is 1. The van der Waals surface area contributed by atoms with Gasteiger partial charge in [-0.15, -0.1) is 0 Å². The van der Waals surface area contributed by atoms with Crippen LogP contribution in [0.2, 0.25) is 10.0 Å². The SMILES string of the molecule is O=C(Nc1ccc(C[C@@H](C(=O)O)N2CCCCC3(CCCC3)C2=O)cc1)c1c(Cl)cccc1Cl. The second-order valence-corrected chi connectivity index (χ2v) is 10.1. The van der Waals surface area contributed by atoms with Gasteiger partial charge in [0.25, 0.3) is 5.91 Å². The molecule has 1 heterocycles. The Morgan fingerprint density at radius 2 is 1.56 bits per heavy atom. The Labute approximate surface area is 209 Å². The molecule has 2 fully saturated rings. The third-order valence-corrected chi connectivity index (χ3v) is 7.70. The summed E-state index contributed by atoms with van der Waals surface area (Å²) in [6, 6.07) is 10.9. The average molecular weight is 503 g/mol. The molecule has 0 unspecified atom stereocenters. The Balaban J connectivity index is 1.48. The molecule has 1 saturated heterocycles. The van der Waals surface area contributed by atoms with Crippen molar-refractivity contribution in [2.75, 3.05) is 11.9 Å². The van der Waals surface area contributed by atoms with Gasteiger partial charge in [0.2, 0.25) is 5.91 Å². The van der Waals surface area contributed by atoms with E-state index in [1.165, 1.54) is 0 Å². The van der Waals surface area contributed by atoms with Crippen molar-refractivity contribution in [2.45, 2.75) is 57.4 Å². The molecule has 180 valence electrons. The van der Waals surface area contributed by atoms with Crippen molar-refractivity contribution in [1.29, 1.82) is 0 Å². The van der Waals surface area contributed by atoms with E-state index >= 15 is 0 Å². The summed E-state index contributed by atoms with van der Waals surface area (Å²) < 4.78 is 0. The second kappa shape index (κ2) is 10.4. The molecule has 4 rings (SSSR count). The molecule has 34 heavy (non-hydrogen) atoms. The monoisotopic (exact) mass is 502 g/mol. The predicted molar refractivity (Wildman–Crippen MR) is 132 cm³/mol. The molecular formula is C26H28Cl2N2O4. The van der Waals surface area contributed by atoms with Crippen molar-refractivity contribution in [3.8, 4) is 0 Å². The van der Waals surface area contributed by atoms with E-state index in [4.69, 9.17) is 23.2 Å². The van der Waals surface area contributed by atoms with E-state index in [-0.39, 0.29) is 33.4 Å². The fourth-order valence-electron chi connectivity index (χ4n) is 5.26. The average Bonchev–Trinajstić information content (AvgIpc) is 3.22. The number of halogens is 2. The van der Waals surface area contributed by atoms with E-state index in [1.807, 2.05) is 0 Å². The van der Waals surface area contributed by atoms with Crippen LogP contribution in [0.3, 0.4) is 0 Å². The van der Waals surface area contributed by atoms with E-state index in [0.29, 0.717) is 12.2 Å². The minimum atomic E-state index is -0.992. The first kappa shape index (κ1) is 24.6. The number of amides is 2. The van der Waals surface area contributed by atoms with Gasteiger partial charge in [0.05, 0.1) is 15.6 Å². The fraction of sp³-hybridized carbons (Fsp3) is 0.423. The Morgan fingerprint density at radius 1 is 0.971 bits per heavy atom. The van der Waals surface area contributed by atoms with Crippen LogP contribution < -0.4 is 5.32 Å². The molecule has 2 amide bonds. The zero-order valence-electron chi connectivity index (χ0n) is 18.9. The van der Waals surface area contributed by atoms with Crippen LogP contribution in [0.5, 0.6) is 0 Å². The van der Waals surface area contributed by atoms with E-state index < -0.39 is 17.9 Å². The molecule has 1 spiro atoms. The number of carbonyl (C=O) groups excluding carboxylic acids is 2. The van der Waals surface area contributed by atoms with Crippen LogP contribution in [-0.4, -0.2) is 40.4 Å². The third kappa shape index (κ3) is 5.08. The first-order valence-corrected chi connectivity index (χ1v) is 12.4. The number of carboxylic acid groups (broad SMARTS) is 1. The highest BCUT2D eigenvalue weighted by Crippen LogP contribution is 2.45. The number of anilines is 1. The lowest BCUT2D eigenvalue weighted by Crippen LogP contribution is -2.51. The molecule has 0 bridgehead atoms. The topological polar surface area (TPSA) is 86.7 Å². The van der Waals surface area contributed by atoms with Crippen LogP contribution in [0.1, 0.15) is 60.9 Å². The smallest absolute Gasteiger partial charge is 0.326 e. The van der Waals surface area contributed by atoms with Crippen LogP contribution in [0.25, 0.3) is 0 Å². The van der Waals surface area contributed by atoms with Gasteiger partial charge in [-0.1, -0.05) is 60.7 Å². The van der Waals surface area contributed by atoms with Crippen molar-refractivity contribution in [1.82, 2.24) is 4.90 Å². The summed E-state index contributed by atoms with van der Waals surface area (Å²) in [5, 5.41) is 13.3. The van der Waals surface area contributed by atoms with Gasteiger partial charge in [-0.3, -0.25) is 9.59 Å². The summed E-state index contributed by atoms with van der Waals surface area (Å²) in [5.41, 5.74) is 1.13. The summed E-state index contributed by atoms with van der Waals surface area (Å²) in [5.74, 6) is -1.41. The highest BCUT2D eigenvalue weighted by molar-refractivity contribution is 6.40. The normalized spacial score (nSPS) is 18.5. The summed E-state index contributed by atoms with van der Waals surface area (Å²) in [6.45, 7) is 0.476. The van der Waals surface area contributed by atoms with Crippen molar-refractivity contribution in [3.05, 3.63) is 63.6 Å². The van der Waals surface area contributed by atoms with Gasteiger partial charge in [0.1, 0.15) is 6.04 Å². The van der Waals surface area contributed by atoms with Crippen LogP contribution >= 0.6 is 23.2 Å². The molecule has 0 aromatic heterocycles. The van der Waals surface area contributed by atoms with Crippen molar-refractivity contribution < 1.29 is 19.5 Å². The Bertz CT molecular complexity index is 1060. The standard InChI is InChI=1S/C26H28Cl2N2O4/c27-19-6-5-7-20(28)22(19)23(31)29-18-10-8-17(9-11-18)16-21(24(32)33)30-15-4-3-14-26(25(30)34)12-1-2-13-26/h5-11,21H,1-4,12-16H2,(H,29,31)(H,32,33)/t21-/m0/s1. The summed E-state index contributed by atoms with van der Waals surface area (Å²) >= 11 is 12.2.